The van der Waals surface area contributed by atoms with Crippen LogP contribution in [0.5, 0.6) is 5.75 Å². The molecule has 2 aliphatic rings. The van der Waals surface area contributed by atoms with Crippen molar-refractivity contribution >= 4 is 32.9 Å². The van der Waals surface area contributed by atoms with Crippen molar-refractivity contribution < 1.29 is 4.74 Å². The molecule has 0 spiro atoms. The third kappa shape index (κ3) is 2.60. The van der Waals surface area contributed by atoms with Crippen LogP contribution in [0.15, 0.2) is 90.3 Å². The Balaban J connectivity index is 1.51. The molecule has 150 valence electrons. The van der Waals surface area contributed by atoms with Crippen molar-refractivity contribution in [2.45, 2.75) is 18.7 Å². The molecule has 2 nitrogen and oxygen atoms in total. The van der Waals surface area contributed by atoms with Gasteiger partial charge in [-0.25, -0.2) is 0 Å². The highest BCUT2D eigenvalue weighted by atomic mass is 32.1. The van der Waals surface area contributed by atoms with E-state index >= 15 is 0 Å². The predicted molar refractivity (Wildman–Crippen MR) is 128 cm³/mol. The van der Waals surface area contributed by atoms with Crippen LogP contribution >= 0.6 is 11.3 Å². The quantitative estimate of drug-likeness (QED) is 0.287. The summed E-state index contributed by atoms with van der Waals surface area (Å²) in [5, 5.41) is 7.33. The number of benzene rings is 4. The van der Waals surface area contributed by atoms with E-state index in [-0.39, 0.29) is 12.3 Å². The molecule has 31 heavy (non-hydrogen) atoms. The van der Waals surface area contributed by atoms with Crippen LogP contribution in [0.2, 0.25) is 0 Å². The number of rotatable bonds is 1. The van der Waals surface area contributed by atoms with Gasteiger partial charge in [0.2, 0.25) is 0 Å². The SMILES string of the molecule is c1ccc2cc([C@H]3c4c(ccc5ccccc45)O[C@@H]4c5ccsc5CCN34)ccc2c1. The highest BCUT2D eigenvalue weighted by molar-refractivity contribution is 7.10. The summed E-state index contributed by atoms with van der Waals surface area (Å²) in [6.07, 6.45) is 1.05. The van der Waals surface area contributed by atoms with E-state index in [2.05, 4.69) is 95.2 Å². The van der Waals surface area contributed by atoms with Gasteiger partial charge in [-0.15, -0.1) is 11.3 Å². The third-order valence-electron chi connectivity index (χ3n) is 6.81. The van der Waals surface area contributed by atoms with E-state index in [1.54, 1.807) is 0 Å². The van der Waals surface area contributed by atoms with Crippen molar-refractivity contribution in [3.8, 4) is 5.75 Å². The normalized spacial score (nSPS) is 20.1. The van der Waals surface area contributed by atoms with Gasteiger partial charge in [0.1, 0.15) is 5.75 Å². The topological polar surface area (TPSA) is 12.5 Å². The highest BCUT2D eigenvalue weighted by Crippen LogP contribution is 2.50. The number of hydrogen-bond acceptors (Lipinski definition) is 3. The van der Waals surface area contributed by atoms with Crippen LogP contribution in [0, 0.1) is 0 Å². The lowest BCUT2D eigenvalue weighted by Gasteiger charge is -2.46. The van der Waals surface area contributed by atoms with E-state index < -0.39 is 0 Å². The first-order valence-corrected chi connectivity index (χ1v) is 11.7. The minimum atomic E-state index is -0.0277. The van der Waals surface area contributed by atoms with Crippen LogP contribution in [0.4, 0.5) is 0 Å². The fourth-order valence-electron chi connectivity index (χ4n) is 5.38. The maximum atomic E-state index is 6.70. The molecule has 2 aliphatic heterocycles. The van der Waals surface area contributed by atoms with Gasteiger partial charge < -0.3 is 4.74 Å². The summed E-state index contributed by atoms with van der Waals surface area (Å²) < 4.78 is 6.70. The Morgan fingerprint density at radius 1 is 0.806 bits per heavy atom. The lowest BCUT2D eigenvalue weighted by atomic mass is 9.87. The summed E-state index contributed by atoms with van der Waals surface area (Å²) in [5.41, 5.74) is 3.97. The molecule has 3 heterocycles. The zero-order valence-electron chi connectivity index (χ0n) is 17.0. The predicted octanol–water partition coefficient (Wildman–Crippen LogP) is 7.09. The molecular formula is C28H21NOS. The first-order chi connectivity index (χ1) is 15.4. The van der Waals surface area contributed by atoms with Crippen molar-refractivity contribution in [1.82, 2.24) is 4.90 Å². The number of hydrogen-bond donors (Lipinski definition) is 0. The number of nitrogens with zero attached hydrogens (tertiary/aromatic N) is 1. The molecule has 0 radical (unpaired) electrons. The van der Waals surface area contributed by atoms with Gasteiger partial charge >= 0.3 is 0 Å². The third-order valence-corrected chi connectivity index (χ3v) is 7.80. The van der Waals surface area contributed by atoms with Crippen LogP contribution in [-0.2, 0) is 6.42 Å². The minimum Gasteiger partial charge on any atom is -0.470 e. The molecule has 4 aromatic carbocycles. The van der Waals surface area contributed by atoms with E-state index in [9.17, 15) is 0 Å². The molecule has 0 unspecified atom stereocenters. The van der Waals surface area contributed by atoms with Crippen LogP contribution in [-0.4, -0.2) is 11.4 Å². The zero-order chi connectivity index (χ0) is 20.4. The van der Waals surface area contributed by atoms with E-state index in [1.807, 2.05) is 11.3 Å². The largest absolute Gasteiger partial charge is 0.470 e. The lowest BCUT2D eigenvalue weighted by molar-refractivity contribution is -0.0251. The van der Waals surface area contributed by atoms with Gasteiger partial charge in [-0.1, -0.05) is 66.7 Å². The summed E-state index contributed by atoms with van der Waals surface area (Å²) in [6, 6.07) is 31.1. The number of thiophene rings is 1. The summed E-state index contributed by atoms with van der Waals surface area (Å²) >= 11 is 1.86. The van der Waals surface area contributed by atoms with Crippen LogP contribution in [0.25, 0.3) is 21.5 Å². The standard InChI is InChI=1S/C28H21NOS/c1-2-7-20-17-21(10-9-18(20)5-1)27-26-22-8-4-3-6-19(22)11-12-24(26)30-28-23-14-16-31-25(23)13-15-29(27)28/h1-12,14,16-17,27-28H,13,15H2/t27-,28+/m0/s1. The van der Waals surface area contributed by atoms with Crippen molar-refractivity contribution in [3.63, 3.8) is 0 Å². The van der Waals surface area contributed by atoms with E-state index in [1.165, 1.54) is 43.1 Å². The summed E-state index contributed by atoms with van der Waals surface area (Å²) in [7, 11) is 0. The Bertz CT molecular complexity index is 1450. The Labute approximate surface area is 185 Å². The molecular weight excluding hydrogens is 398 g/mol. The highest BCUT2D eigenvalue weighted by Gasteiger charge is 2.41. The lowest BCUT2D eigenvalue weighted by Crippen LogP contribution is -2.44. The van der Waals surface area contributed by atoms with Gasteiger partial charge in [0, 0.05) is 22.5 Å². The second-order valence-electron chi connectivity index (χ2n) is 8.46. The molecule has 0 bridgehead atoms. The summed E-state index contributed by atoms with van der Waals surface area (Å²) in [5.74, 6) is 1.01. The monoisotopic (exact) mass is 419 g/mol. The zero-order valence-corrected chi connectivity index (χ0v) is 17.8. The Hall–Kier alpha value is -3.14. The van der Waals surface area contributed by atoms with Crippen molar-refractivity contribution in [2.24, 2.45) is 0 Å². The smallest absolute Gasteiger partial charge is 0.180 e. The van der Waals surface area contributed by atoms with Gasteiger partial charge in [-0.2, -0.15) is 0 Å². The molecule has 1 aromatic heterocycles. The molecule has 3 heteroatoms. The van der Waals surface area contributed by atoms with Crippen molar-refractivity contribution in [2.75, 3.05) is 6.54 Å². The minimum absolute atomic E-state index is 0.0277. The van der Waals surface area contributed by atoms with Gasteiger partial charge in [-0.3, -0.25) is 4.90 Å². The Morgan fingerprint density at radius 3 is 2.55 bits per heavy atom. The molecule has 0 saturated carbocycles. The Kier molecular flexibility index (Phi) is 3.78. The van der Waals surface area contributed by atoms with E-state index in [0.29, 0.717) is 0 Å². The van der Waals surface area contributed by atoms with Crippen molar-refractivity contribution in [3.05, 3.63) is 112 Å². The molecule has 7 rings (SSSR count). The van der Waals surface area contributed by atoms with Crippen LogP contribution in [0.3, 0.4) is 0 Å². The summed E-state index contributed by atoms with van der Waals surface area (Å²) in [6.45, 7) is 0.998. The molecule has 0 N–H and O–H groups in total. The van der Waals surface area contributed by atoms with Crippen LogP contribution in [0.1, 0.15) is 33.8 Å². The summed E-state index contributed by atoms with van der Waals surface area (Å²) in [4.78, 5) is 4.02. The van der Waals surface area contributed by atoms with Crippen molar-refractivity contribution in [1.29, 1.82) is 0 Å². The maximum Gasteiger partial charge on any atom is 0.180 e. The first-order valence-electron chi connectivity index (χ1n) is 10.9. The van der Waals surface area contributed by atoms with Gasteiger partial charge in [-0.05, 0) is 57.1 Å². The molecule has 0 saturated heterocycles. The molecule has 2 atom stereocenters. The average Bonchev–Trinajstić information content (AvgIpc) is 3.32. The first kappa shape index (κ1) is 17.5. The number of fused-ring (bicyclic) bond motifs is 7. The number of ether oxygens (including phenoxy) is 1. The molecule has 0 aliphatic carbocycles. The molecule has 5 aromatic rings. The average molecular weight is 420 g/mol. The van der Waals surface area contributed by atoms with Gasteiger partial charge in [0.25, 0.3) is 0 Å². The molecule has 0 amide bonds. The second kappa shape index (κ2) is 6.68. The second-order valence-corrected chi connectivity index (χ2v) is 9.47. The van der Waals surface area contributed by atoms with E-state index in [0.717, 1.165) is 18.7 Å². The van der Waals surface area contributed by atoms with Crippen LogP contribution < -0.4 is 4.74 Å². The fraction of sp³-hybridized carbons (Fsp3) is 0.143. The Morgan fingerprint density at radius 2 is 1.61 bits per heavy atom. The fourth-order valence-corrected chi connectivity index (χ4v) is 6.27. The van der Waals surface area contributed by atoms with Gasteiger partial charge in [0.05, 0.1) is 6.04 Å². The van der Waals surface area contributed by atoms with E-state index in [4.69, 9.17) is 4.74 Å². The maximum absolute atomic E-state index is 6.70. The van der Waals surface area contributed by atoms with Gasteiger partial charge in [0.15, 0.2) is 6.23 Å². The molecule has 0 fully saturated rings.